The van der Waals surface area contributed by atoms with Crippen LogP contribution in [0.1, 0.15) is 54.7 Å². The Morgan fingerprint density at radius 2 is 1.92 bits per heavy atom. The van der Waals surface area contributed by atoms with Gasteiger partial charge in [-0.05, 0) is 48.7 Å². The molecule has 1 aliphatic heterocycles. The SMILES string of the molecule is CC(C)(C)c1cc2cc(NC(=O)C3(c4ccc5c(c4)OC(F)(F)O5)CC3)cc(C#N)c2n1C[C@@H](O)CO.[HH].[HH].[HH]. The predicted octanol–water partition coefficient (Wildman–Crippen LogP) is 4.89. The van der Waals surface area contributed by atoms with Gasteiger partial charge in [-0.15, -0.1) is 8.78 Å². The Labute approximate surface area is 216 Å². The number of hydrogen-bond donors (Lipinski definition) is 3. The molecule has 2 aromatic carbocycles. The van der Waals surface area contributed by atoms with Gasteiger partial charge in [0.05, 0.1) is 35.8 Å². The number of aliphatic hydroxyl groups is 2. The number of carbonyl (C=O) groups is 1. The van der Waals surface area contributed by atoms with Crippen LogP contribution in [0.25, 0.3) is 10.9 Å². The Kier molecular flexibility index (Phi) is 5.69. The molecular formula is C27H33F2N3O5. The Balaban J connectivity index is 0.00000187. The number of rotatable bonds is 6. The van der Waals surface area contributed by atoms with Gasteiger partial charge in [-0.1, -0.05) is 26.8 Å². The van der Waals surface area contributed by atoms with Gasteiger partial charge in [-0.2, -0.15) is 5.26 Å². The molecule has 2 aliphatic rings. The number of halogens is 2. The molecule has 1 fully saturated rings. The number of benzene rings is 2. The number of carbonyl (C=O) groups excluding carboxylic acids is 1. The van der Waals surface area contributed by atoms with E-state index in [1.54, 1.807) is 18.2 Å². The minimum absolute atomic E-state index is 0. The van der Waals surface area contributed by atoms with E-state index in [2.05, 4.69) is 20.9 Å². The summed E-state index contributed by atoms with van der Waals surface area (Å²) >= 11 is 0. The van der Waals surface area contributed by atoms with Crippen molar-refractivity contribution in [2.45, 2.75) is 63.4 Å². The van der Waals surface area contributed by atoms with E-state index in [9.17, 15) is 29.1 Å². The highest BCUT2D eigenvalue weighted by Gasteiger charge is 2.52. The number of alkyl halides is 2. The van der Waals surface area contributed by atoms with Crippen molar-refractivity contribution in [3.05, 3.63) is 53.2 Å². The normalized spacial score (nSPS) is 17.9. The van der Waals surface area contributed by atoms with Gasteiger partial charge in [-0.25, -0.2) is 0 Å². The van der Waals surface area contributed by atoms with Crippen molar-refractivity contribution in [3.63, 3.8) is 0 Å². The summed E-state index contributed by atoms with van der Waals surface area (Å²) in [5.74, 6) is -0.511. The third-order valence-corrected chi connectivity index (χ3v) is 6.88. The number of fused-ring (bicyclic) bond motifs is 2. The lowest BCUT2D eigenvalue weighted by Gasteiger charge is -2.23. The lowest BCUT2D eigenvalue weighted by molar-refractivity contribution is -0.286. The molecule has 200 valence electrons. The number of aromatic nitrogens is 1. The summed E-state index contributed by atoms with van der Waals surface area (Å²) < 4.78 is 37.7. The van der Waals surface area contributed by atoms with Gasteiger partial charge in [0.15, 0.2) is 11.5 Å². The number of nitrogens with zero attached hydrogens (tertiary/aromatic N) is 2. The first-order chi connectivity index (χ1) is 17.4. The molecule has 1 atom stereocenters. The maximum Gasteiger partial charge on any atom is 0.586 e. The molecule has 1 saturated carbocycles. The first-order valence-corrected chi connectivity index (χ1v) is 12.0. The van der Waals surface area contributed by atoms with E-state index >= 15 is 0 Å². The zero-order valence-corrected chi connectivity index (χ0v) is 20.6. The maximum absolute atomic E-state index is 13.4. The van der Waals surface area contributed by atoms with Crippen LogP contribution >= 0.6 is 0 Å². The average Bonchev–Trinajstić information content (AvgIpc) is 3.46. The molecule has 1 amide bonds. The number of aliphatic hydroxyl groups excluding tert-OH is 2. The molecule has 37 heavy (non-hydrogen) atoms. The summed E-state index contributed by atoms with van der Waals surface area (Å²) in [4.78, 5) is 13.4. The minimum Gasteiger partial charge on any atom is -0.395 e. The molecule has 0 unspecified atom stereocenters. The van der Waals surface area contributed by atoms with Crippen LogP contribution in [0, 0.1) is 11.3 Å². The monoisotopic (exact) mass is 517 g/mol. The Morgan fingerprint density at radius 3 is 2.54 bits per heavy atom. The summed E-state index contributed by atoms with van der Waals surface area (Å²) in [6.07, 6.45) is -3.67. The maximum atomic E-state index is 13.4. The van der Waals surface area contributed by atoms with Crippen LogP contribution in [-0.4, -0.2) is 39.7 Å². The van der Waals surface area contributed by atoms with Crippen LogP contribution in [0.4, 0.5) is 14.5 Å². The van der Waals surface area contributed by atoms with Crippen LogP contribution in [0.5, 0.6) is 11.5 Å². The van der Waals surface area contributed by atoms with Gasteiger partial charge in [0.1, 0.15) is 6.07 Å². The van der Waals surface area contributed by atoms with Crippen molar-refractivity contribution < 1.29 is 37.5 Å². The first kappa shape index (κ1) is 25.0. The molecule has 5 rings (SSSR count). The van der Waals surface area contributed by atoms with E-state index < -0.39 is 24.4 Å². The molecule has 8 nitrogen and oxygen atoms in total. The summed E-state index contributed by atoms with van der Waals surface area (Å²) in [7, 11) is 0. The van der Waals surface area contributed by atoms with E-state index in [-0.39, 0.29) is 33.6 Å². The highest BCUT2D eigenvalue weighted by atomic mass is 19.3. The lowest BCUT2D eigenvalue weighted by Crippen LogP contribution is -2.28. The fourth-order valence-electron chi connectivity index (χ4n) is 4.92. The van der Waals surface area contributed by atoms with E-state index in [1.165, 1.54) is 12.1 Å². The molecule has 0 spiro atoms. The Bertz CT molecular complexity index is 1460. The molecule has 3 N–H and O–H groups in total. The van der Waals surface area contributed by atoms with Crippen LogP contribution in [-0.2, 0) is 22.2 Å². The van der Waals surface area contributed by atoms with Crippen LogP contribution in [0.3, 0.4) is 0 Å². The average molecular weight is 518 g/mol. The second kappa shape index (κ2) is 8.43. The van der Waals surface area contributed by atoms with Crippen LogP contribution in [0.2, 0.25) is 0 Å². The minimum atomic E-state index is -3.74. The number of amides is 1. The van der Waals surface area contributed by atoms with Crippen molar-refractivity contribution in [1.82, 2.24) is 4.57 Å². The van der Waals surface area contributed by atoms with E-state index in [0.29, 0.717) is 40.6 Å². The molecule has 1 aliphatic carbocycles. The van der Waals surface area contributed by atoms with Gasteiger partial charge in [-0.3, -0.25) is 4.79 Å². The molecular weight excluding hydrogens is 484 g/mol. The highest BCUT2D eigenvalue weighted by molar-refractivity contribution is 6.03. The van der Waals surface area contributed by atoms with Crippen LogP contribution < -0.4 is 14.8 Å². The summed E-state index contributed by atoms with van der Waals surface area (Å²) in [6.45, 7) is 5.72. The van der Waals surface area contributed by atoms with Gasteiger partial charge in [0, 0.05) is 26.5 Å². The van der Waals surface area contributed by atoms with Gasteiger partial charge >= 0.3 is 6.29 Å². The molecule has 10 heteroatoms. The fourth-order valence-corrected chi connectivity index (χ4v) is 4.92. The summed E-state index contributed by atoms with van der Waals surface area (Å²) in [6, 6.07) is 11.8. The van der Waals surface area contributed by atoms with Crippen molar-refractivity contribution in [3.8, 4) is 17.6 Å². The topological polar surface area (TPSA) is 117 Å². The Morgan fingerprint density at radius 1 is 1.22 bits per heavy atom. The predicted molar refractivity (Wildman–Crippen MR) is 137 cm³/mol. The van der Waals surface area contributed by atoms with Crippen LogP contribution in [0.15, 0.2) is 36.4 Å². The second-order valence-corrected chi connectivity index (χ2v) is 10.7. The molecule has 0 bridgehead atoms. The van der Waals surface area contributed by atoms with Crippen molar-refractivity contribution in [2.75, 3.05) is 11.9 Å². The standard InChI is InChI=1S/C27H27F2N3O5.3H2/c1-25(2,3)22-10-15-8-18(9-16(12-30)23(15)32(22)13-19(34)14-33)31-24(35)26(6-7-26)17-4-5-20-21(11-17)37-27(28,29)36-20;;;/h4-5,8-11,19,33-34H,6-7,13-14H2,1-3H3,(H,31,35);3*1H/t19-;;;/m1.../s1. The number of ether oxygens (including phenoxy) is 2. The van der Waals surface area contributed by atoms with Crippen molar-refractivity contribution in [2.24, 2.45) is 0 Å². The molecule has 3 aromatic rings. The van der Waals surface area contributed by atoms with Gasteiger partial charge in [0.2, 0.25) is 5.91 Å². The van der Waals surface area contributed by atoms with Gasteiger partial charge < -0.3 is 29.6 Å². The summed E-state index contributed by atoms with van der Waals surface area (Å²) in [5.41, 5.74) is 1.54. The highest BCUT2D eigenvalue weighted by Crippen LogP contribution is 2.52. The zero-order valence-electron chi connectivity index (χ0n) is 20.6. The number of nitriles is 1. The smallest absolute Gasteiger partial charge is 0.395 e. The third kappa shape index (κ3) is 4.38. The fraction of sp³-hybridized carbons (Fsp3) is 0.407. The number of anilines is 1. The van der Waals surface area contributed by atoms with Gasteiger partial charge in [0.25, 0.3) is 0 Å². The summed E-state index contributed by atoms with van der Waals surface area (Å²) in [5, 5.41) is 33.1. The Hall–Kier alpha value is -3.68. The second-order valence-electron chi connectivity index (χ2n) is 10.7. The largest absolute Gasteiger partial charge is 0.586 e. The molecule has 0 saturated heterocycles. The lowest BCUT2D eigenvalue weighted by atomic mass is 9.92. The van der Waals surface area contributed by atoms with E-state index in [1.807, 2.05) is 31.4 Å². The molecule has 2 heterocycles. The number of nitrogens with one attached hydrogen (secondary N) is 1. The van der Waals surface area contributed by atoms with E-state index in [4.69, 9.17) is 0 Å². The van der Waals surface area contributed by atoms with E-state index in [0.717, 1.165) is 5.69 Å². The first-order valence-electron chi connectivity index (χ1n) is 12.0. The molecule has 1 aromatic heterocycles. The quantitative estimate of drug-likeness (QED) is 0.429. The van der Waals surface area contributed by atoms with Crippen molar-refractivity contribution in [1.29, 1.82) is 5.26 Å². The third-order valence-electron chi connectivity index (χ3n) is 6.88. The molecule has 0 radical (unpaired) electrons. The number of hydrogen-bond acceptors (Lipinski definition) is 6. The van der Waals surface area contributed by atoms with Crippen molar-refractivity contribution >= 4 is 22.5 Å². The zero-order chi connectivity index (χ0) is 26.8.